The molecule has 1 fully saturated rings. The van der Waals surface area contributed by atoms with Crippen LogP contribution in [0.1, 0.15) is 36.2 Å². The normalized spacial score (nSPS) is 16.0. The molecule has 3 heterocycles. The van der Waals surface area contributed by atoms with Crippen molar-refractivity contribution in [1.29, 1.82) is 0 Å². The predicted molar refractivity (Wildman–Crippen MR) is 124 cm³/mol. The van der Waals surface area contributed by atoms with Crippen molar-refractivity contribution in [2.45, 2.75) is 32.4 Å². The number of nitrogens with zero attached hydrogens (tertiary/aromatic N) is 4. The molecular weight excluding hydrogens is 392 g/mol. The lowest BCUT2D eigenvalue weighted by Gasteiger charge is -2.27. The quantitative estimate of drug-likeness (QED) is 0.428. The lowest BCUT2D eigenvalue weighted by Crippen LogP contribution is -2.42. The van der Waals surface area contributed by atoms with Gasteiger partial charge in [0.25, 0.3) is 0 Å². The maximum atomic E-state index is 4.88. The topological polar surface area (TPSA) is 57.5 Å². The third-order valence-electron chi connectivity index (χ3n) is 5.44. The van der Waals surface area contributed by atoms with Gasteiger partial charge >= 0.3 is 0 Å². The number of benzene rings is 1. The summed E-state index contributed by atoms with van der Waals surface area (Å²) in [7, 11) is 0. The summed E-state index contributed by atoms with van der Waals surface area (Å²) in [6.07, 6.45) is 8.18. The van der Waals surface area contributed by atoms with Crippen LogP contribution in [-0.4, -0.2) is 46.6 Å². The van der Waals surface area contributed by atoms with Crippen molar-refractivity contribution >= 4 is 17.3 Å². The highest BCUT2D eigenvalue weighted by atomic mass is 32.1. The smallest absolute Gasteiger partial charge is 0.191 e. The van der Waals surface area contributed by atoms with Gasteiger partial charge in [0.1, 0.15) is 0 Å². The molecule has 158 valence electrons. The van der Waals surface area contributed by atoms with E-state index in [1.807, 2.05) is 34.5 Å². The van der Waals surface area contributed by atoms with Gasteiger partial charge < -0.3 is 15.2 Å². The number of aliphatic imine (C=N–C) groups is 1. The monoisotopic (exact) mass is 422 g/mol. The zero-order chi connectivity index (χ0) is 20.6. The largest absolute Gasteiger partial charge is 0.357 e. The highest BCUT2D eigenvalue weighted by molar-refractivity contribution is 7.10. The summed E-state index contributed by atoms with van der Waals surface area (Å²) in [5, 5.41) is 9.17. The molecule has 3 aromatic rings. The molecule has 1 aliphatic heterocycles. The van der Waals surface area contributed by atoms with Crippen LogP contribution >= 0.6 is 11.3 Å². The number of hydrogen-bond donors (Lipinski definition) is 2. The Labute approximate surface area is 182 Å². The van der Waals surface area contributed by atoms with Gasteiger partial charge in [-0.3, -0.25) is 4.90 Å². The van der Waals surface area contributed by atoms with E-state index < -0.39 is 0 Å². The minimum atomic E-state index is 0.398. The van der Waals surface area contributed by atoms with Gasteiger partial charge in [-0.1, -0.05) is 24.3 Å². The van der Waals surface area contributed by atoms with Crippen LogP contribution in [0.3, 0.4) is 0 Å². The second-order valence-electron chi connectivity index (χ2n) is 7.45. The maximum absolute atomic E-state index is 4.88. The molecule has 0 spiro atoms. The zero-order valence-corrected chi connectivity index (χ0v) is 18.3. The first-order chi connectivity index (χ1) is 14.8. The van der Waals surface area contributed by atoms with Gasteiger partial charge in [0.05, 0.1) is 24.6 Å². The van der Waals surface area contributed by atoms with E-state index in [0.717, 1.165) is 24.7 Å². The van der Waals surface area contributed by atoms with Gasteiger partial charge in [-0.15, -0.1) is 11.3 Å². The number of hydrogen-bond acceptors (Lipinski definition) is 4. The summed E-state index contributed by atoms with van der Waals surface area (Å²) in [5.41, 5.74) is 2.28. The van der Waals surface area contributed by atoms with Crippen LogP contribution in [0.4, 0.5) is 0 Å². The van der Waals surface area contributed by atoms with E-state index in [9.17, 15) is 0 Å². The van der Waals surface area contributed by atoms with Crippen LogP contribution in [0.2, 0.25) is 0 Å². The molecule has 0 radical (unpaired) electrons. The Hall–Kier alpha value is -2.64. The van der Waals surface area contributed by atoms with E-state index in [1.54, 1.807) is 6.20 Å². The number of thiophene rings is 1. The lowest BCUT2D eigenvalue weighted by molar-refractivity contribution is 0.249. The van der Waals surface area contributed by atoms with Crippen molar-refractivity contribution in [3.8, 4) is 5.69 Å². The summed E-state index contributed by atoms with van der Waals surface area (Å²) >= 11 is 1.84. The van der Waals surface area contributed by atoms with Crippen molar-refractivity contribution in [3.63, 3.8) is 0 Å². The molecule has 1 aromatic carbocycles. The minimum absolute atomic E-state index is 0.398. The molecule has 1 saturated heterocycles. The van der Waals surface area contributed by atoms with E-state index in [-0.39, 0.29) is 0 Å². The van der Waals surface area contributed by atoms with Crippen LogP contribution in [0, 0.1) is 0 Å². The lowest BCUT2D eigenvalue weighted by atomic mass is 10.2. The molecule has 30 heavy (non-hydrogen) atoms. The summed E-state index contributed by atoms with van der Waals surface area (Å²) in [6, 6.07) is 13.1. The fourth-order valence-electron chi connectivity index (χ4n) is 3.94. The second-order valence-corrected chi connectivity index (χ2v) is 8.43. The van der Waals surface area contributed by atoms with Gasteiger partial charge in [-0.2, -0.15) is 0 Å². The molecule has 0 saturated carbocycles. The Morgan fingerprint density at radius 3 is 2.77 bits per heavy atom. The number of rotatable bonds is 8. The first-order valence-corrected chi connectivity index (χ1v) is 11.6. The molecule has 7 heteroatoms. The molecule has 4 rings (SSSR count). The standard InChI is InChI=1S/C23H30N6S/c1-2-25-23(26-16-19-8-3-4-9-20(19)29-14-11-24-18-29)27-17-21(22-10-7-15-30-22)28-12-5-6-13-28/h3-4,7-11,14-15,18,21H,2,5-6,12-13,16-17H2,1H3,(H2,25,26,27). The number of guanidine groups is 1. The Balaban J connectivity index is 1.47. The van der Waals surface area contributed by atoms with Crippen LogP contribution in [0.15, 0.2) is 65.5 Å². The molecule has 6 nitrogen and oxygen atoms in total. The van der Waals surface area contributed by atoms with Crippen molar-refractivity contribution in [1.82, 2.24) is 25.1 Å². The highest BCUT2D eigenvalue weighted by Crippen LogP contribution is 2.27. The van der Waals surface area contributed by atoms with Gasteiger partial charge in [0.2, 0.25) is 0 Å². The Kier molecular flexibility index (Phi) is 7.16. The van der Waals surface area contributed by atoms with Crippen LogP contribution < -0.4 is 10.6 Å². The molecular formula is C23H30N6S. The van der Waals surface area contributed by atoms with E-state index in [0.29, 0.717) is 12.6 Å². The van der Waals surface area contributed by atoms with Crippen molar-refractivity contribution < 1.29 is 0 Å². The zero-order valence-electron chi connectivity index (χ0n) is 17.5. The van der Waals surface area contributed by atoms with E-state index in [1.165, 1.54) is 36.4 Å². The fraction of sp³-hybridized carbons (Fsp3) is 0.391. The van der Waals surface area contributed by atoms with Crippen molar-refractivity contribution in [2.75, 3.05) is 26.2 Å². The highest BCUT2D eigenvalue weighted by Gasteiger charge is 2.24. The van der Waals surface area contributed by atoms with Gasteiger partial charge in [-0.25, -0.2) is 9.98 Å². The Morgan fingerprint density at radius 2 is 2.03 bits per heavy atom. The van der Waals surface area contributed by atoms with E-state index in [4.69, 9.17) is 4.99 Å². The number of nitrogens with one attached hydrogen (secondary N) is 2. The number of aromatic nitrogens is 2. The number of likely N-dealkylation sites (tertiary alicyclic amines) is 1. The molecule has 0 bridgehead atoms. The molecule has 1 atom stereocenters. The van der Waals surface area contributed by atoms with Crippen molar-refractivity contribution in [2.24, 2.45) is 4.99 Å². The van der Waals surface area contributed by atoms with E-state index >= 15 is 0 Å². The SMILES string of the molecule is CCNC(=NCc1ccccc1-n1ccnc1)NCC(c1cccs1)N1CCCC1. The van der Waals surface area contributed by atoms with Crippen LogP contribution in [0.25, 0.3) is 5.69 Å². The molecule has 2 aromatic heterocycles. The average Bonchev–Trinajstić information content (AvgIpc) is 3.56. The molecule has 0 aliphatic carbocycles. The third kappa shape index (κ3) is 5.09. The molecule has 2 N–H and O–H groups in total. The van der Waals surface area contributed by atoms with Crippen LogP contribution in [-0.2, 0) is 6.54 Å². The minimum Gasteiger partial charge on any atom is -0.357 e. The third-order valence-corrected chi connectivity index (χ3v) is 6.42. The molecule has 0 amide bonds. The maximum Gasteiger partial charge on any atom is 0.191 e. The first kappa shape index (κ1) is 20.6. The molecule has 1 unspecified atom stereocenters. The average molecular weight is 423 g/mol. The van der Waals surface area contributed by atoms with Gasteiger partial charge in [0.15, 0.2) is 5.96 Å². The number of para-hydroxylation sites is 1. The second kappa shape index (κ2) is 10.4. The van der Waals surface area contributed by atoms with E-state index in [2.05, 4.69) is 63.2 Å². The Bertz CT molecular complexity index is 913. The van der Waals surface area contributed by atoms with Crippen molar-refractivity contribution in [3.05, 3.63) is 70.9 Å². The van der Waals surface area contributed by atoms with Crippen LogP contribution in [0.5, 0.6) is 0 Å². The van der Waals surface area contributed by atoms with Gasteiger partial charge in [0, 0.05) is 30.4 Å². The first-order valence-electron chi connectivity index (χ1n) is 10.7. The predicted octanol–water partition coefficient (Wildman–Crippen LogP) is 3.83. The summed E-state index contributed by atoms with van der Waals surface area (Å²) in [5.74, 6) is 0.860. The summed E-state index contributed by atoms with van der Waals surface area (Å²) in [6.45, 7) is 6.76. The van der Waals surface area contributed by atoms with Gasteiger partial charge in [-0.05, 0) is 55.9 Å². The number of imidazole rings is 1. The fourth-order valence-corrected chi connectivity index (χ4v) is 4.80. The summed E-state index contributed by atoms with van der Waals surface area (Å²) < 4.78 is 2.03. The summed E-state index contributed by atoms with van der Waals surface area (Å²) in [4.78, 5) is 13.1. The Morgan fingerprint density at radius 1 is 1.17 bits per heavy atom. The molecule has 1 aliphatic rings.